The minimum atomic E-state index is 0.104. The highest BCUT2D eigenvalue weighted by atomic mass is 16.1. The van der Waals surface area contributed by atoms with Gasteiger partial charge in [-0.1, -0.05) is 60.2 Å². The van der Waals surface area contributed by atoms with E-state index in [1.54, 1.807) is 0 Å². The normalized spacial score (nSPS) is 18.3. The molecule has 0 radical (unpaired) electrons. The number of benzene rings is 2. The zero-order valence-electron chi connectivity index (χ0n) is 14.4. The minimum Gasteiger partial charge on any atom is -0.352 e. The Bertz CT molecular complexity index is 669. The molecule has 1 heterocycles. The molecule has 1 unspecified atom stereocenters. The van der Waals surface area contributed by atoms with E-state index in [9.17, 15) is 4.79 Å². The number of carbonyl (C=O) groups excluding carboxylic acids is 1. The standard InChI is InChI=1S/C21H26N2O/c1-17-7-5-10-19(13-17)14-22-21(24)20-11-6-12-23(16-20)15-18-8-3-2-4-9-18/h2-5,7-10,13,20H,6,11-12,14-16H2,1H3,(H,22,24). The lowest BCUT2D eigenvalue weighted by atomic mass is 9.96. The van der Waals surface area contributed by atoms with Gasteiger partial charge in [-0.25, -0.2) is 0 Å². The summed E-state index contributed by atoms with van der Waals surface area (Å²) in [6.45, 7) is 5.57. The fourth-order valence-corrected chi connectivity index (χ4v) is 3.41. The van der Waals surface area contributed by atoms with Crippen LogP contribution in [0, 0.1) is 12.8 Å². The molecule has 1 N–H and O–H groups in total. The first-order valence-corrected chi connectivity index (χ1v) is 8.80. The minimum absolute atomic E-state index is 0.104. The topological polar surface area (TPSA) is 32.3 Å². The molecule has 2 aromatic rings. The Hall–Kier alpha value is -2.13. The molecule has 1 saturated heterocycles. The first-order chi connectivity index (χ1) is 11.7. The van der Waals surface area contributed by atoms with Gasteiger partial charge in [-0.3, -0.25) is 9.69 Å². The van der Waals surface area contributed by atoms with E-state index in [0.29, 0.717) is 6.54 Å². The Balaban J connectivity index is 1.51. The summed E-state index contributed by atoms with van der Waals surface area (Å²) in [5.74, 6) is 0.293. The molecule has 3 nitrogen and oxygen atoms in total. The van der Waals surface area contributed by atoms with Crippen LogP contribution >= 0.6 is 0 Å². The number of amides is 1. The fourth-order valence-electron chi connectivity index (χ4n) is 3.41. The van der Waals surface area contributed by atoms with Crippen molar-refractivity contribution in [1.82, 2.24) is 10.2 Å². The van der Waals surface area contributed by atoms with Crippen LogP contribution in [0.5, 0.6) is 0 Å². The molecule has 2 aromatic carbocycles. The van der Waals surface area contributed by atoms with E-state index in [4.69, 9.17) is 0 Å². The quantitative estimate of drug-likeness (QED) is 0.913. The van der Waals surface area contributed by atoms with Gasteiger partial charge >= 0.3 is 0 Å². The zero-order chi connectivity index (χ0) is 16.8. The number of nitrogens with zero attached hydrogens (tertiary/aromatic N) is 1. The van der Waals surface area contributed by atoms with E-state index in [1.807, 2.05) is 12.1 Å². The molecule has 24 heavy (non-hydrogen) atoms. The zero-order valence-corrected chi connectivity index (χ0v) is 14.4. The van der Waals surface area contributed by atoms with Gasteiger partial charge in [0.2, 0.25) is 5.91 Å². The molecule has 1 aliphatic rings. The van der Waals surface area contributed by atoms with Crippen molar-refractivity contribution in [3.63, 3.8) is 0 Å². The Morgan fingerprint density at radius 1 is 1.12 bits per heavy atom. The summed E-state index contributed by atoms with van der Waals surface area (Å²) in [5, 5.41) is 3.11. The van der Waals surface area contributed by atoms with Crippen LogP contribution in [0.1, 0.15) is 29.5 Å². The van der Waals surface area contributed by atoms with Crippen molar-refractivity contribution >= 4 is 5.91 Å². The van der Waals surface area contributed by atoms with Crippen molar-refractivity contribution in [2.45, 2.75) is 32.9 Å². The average Bonchev–Trinajstić information content (AvgIpc) is 2.61. The molecule has 1 aliphatic heterocycles. The molecule has 0 aromatic heterocycles. The monoisotopic (exact) mass is 322 g/mol. The van der Waals surface area contributed by atoms with E-state index >= 15 is 0 Å². The maximum atomic E-state index is 12.5. The van der Waals surface area contributed by atoms with E-state index < -0.39 is 0 Å². The van der Waals surface area contributed by atoms with Gasteiger partial charge in [0.05, 0.1) is 5.92 Å². The average molecular weight is 322 g/mol. The number of aryl methyl sites for hydroxylation is 1. The molecule has 3 heteroatoms. The number of carbonyl (C=O) groups is 1. The van der Waals surface area contributed by atoms with Gasteiger partial charge in [0.1, 0.15) is 0 Å². The maximum absolute atomic E-state index is 12.5. The number of hydrogen-bond donors (Lipinski definition) is 1. The van der Waals surface area contributed by atoms with Crippen LogP contribution in [0.4, 0.5) is 0 Å². The first-order valence-electron chi connectivity index (χ1n) is 8.80. The number of nitrogens with one attached hydrogen (secondary N) is 1. The molecular formula is C21H26N2O. The second-order valence-electron chi connectivity index (χ2n) is 6.77. The van der Waals surface area contributed by atoms with Crippen molar-refractivity contribution in [3.05, 3.63) is 71.3 Å². The Morgan fingerprint density at radius 3 is 2.71 bits per heavy atom. The van der Waals surface area contributed by atoms with Crippen molar-refractivity contribution in [2.75, 3.05) is 13.1 Å². The van der Waals surface area contributed by atoms with Gasteiger partial charge in [0.15, 0.2) is 0 Å². The van der Waals surface area contributed by atoms with Gasteiger partial charge in [-0.15, -0.1) is 0 Å². The van der Waals surface area contributed by atoms with Crippen LogP contribution in [-0.4, -0.2) is 23.9 Å². The Morgan fingerprint density at radius 2 is 1.92 bits per heavy atom. The van der Waals surface area contributed by atoms with Crippen LogP contribution < -0.4 is 5.32 Å². The summed E-state index contributed by atoms with van der Waals surface area (Å²) >= 11 is 0. The Kier molecular flexibility index (Phi) is 5.65. The highest BCUT2D eigenvalue weighted by Crippen LogP contribution is 2.19. The highest BCUT2D eigenvalue weighted by molar-refractivity contribution is 5.79. The van der Waals surface area contributed by atoms with E-state index in [-0.39, 0.29) is 11.8 Å². The van der Waals surface area contributed by atoms with Crippen LogP contribution in [-0.2, 0) is 17.9 Å². The molecule has 0 spiro atoms. The molecular weight excluding hydrogens is 296 g/mol. The smallest absolute Gasteiger partial charge is 0.224 e. The summed E-state index contributed by atoms with van der Waals surface area (Å²) in [4.78, 5) is 14.9. The molecule has 1 amide bonds. The predicted molar refractivity (Wildman–Crippen MR) is 97.5 cm³/mol. The number of rotatable bonds is 5. The summed E-state index contributed by atoms with van der Waals surface area (Å²) < 4.78 is 0. The van der Waals surface area contributed by atoms with Crippen molar-refractivity contribution in [3.8, 4) is 0 Å². The van der Waals surface area contributed by atoms with Crippen molar-refractivity contribution < 1.29 is 4.79 Å². The van der Waals surface area contributed by atoms with Crippen LogP contribution in [0.15, 0.2) is 54.6 Å². The number of piperidine rings is 1. The molecule has 1 fully saturated rings. The molecule has 1 atom stereocenters. The lowest BCUT2D eigenvalue weighted by Crippen LogP contribution is -2.42. The predicted octanol–water partition coefficient (Wildman–Crippen LogP) is 3.52. The maximum Gasteiger partial charge on any atom is 0.224 e. The van der Waals surface area contributed by atoms with Crippen molar-refractivity contribution in [1.29, 1.82) is 0 Å². The third kappa shape index (κ3) is 4.68. The summed E-state index contributed by atoms with van der Waals surface area (Å²) in [6.07, 6.45) is 2.08. The molecule has 0 aliphatic carbocycles. The van der Waals surface area contributed by atoms with Crippen LogP contribution in [0.25, 0.3) is 0 Å². The molecule has 0 bridgehead atoms. The Labute approximate surface area is 144 Å². The van der Waals surface area contributed by atoms with Crippen molar-refractivity contribution in [2.24, 2.45) is 5.92 Å². The lowest BCUT2D eigenvalue weighted by Gasteiger charge is -2.32. The second-order valence-corrected chi connectivity index (χ2v) is 6.77. The van der Waals surface area contributed by atoms with Crippen LogP contribution in [0.3, 0.4) is 0 Å². The van der Waals surface area contributed by atoms with E-state index in [0.717, 1.165) is 32.5 Å². The third-order valence-electron chi connectivity index (χ3n) is 4.67. The van der Waals surface area contributed by atoms with Gasteiger partial charge in [0.25, 0.3) is 0 Å². The third-order valence-corrected chi connectivity index (χ3v) is 4.67. The van der Waals surface area contributed by atoms with Crippen LogP contribution in [0.2, 0.25) is 0 Å². The second kappa shape index (κ2) is 8.11. The van der Waals surface area contributed by atoms with E-state index in [1.165, 1.54) is 16.7 Å². The van der Waals surface area contributed by atoms with Gasteiger partial charge in [-0.05, 0) is 37.4 Å². The van der Waals surface area contributed by atoms with Gasteiger partial charge in [0, 0.05) is 19.6 Å². The number of likely N-dealkylation sites (tertiary alicyclic amines) is 1. The highest BCUT2D eigenvalue weighted by Gasteiger charge is 2.25. The molecule has 3 rings (SSSR count). The van der Waals surface area contributed by atoms with Gasteiger partial charge < -0.3 is 5.32 Å². The summed E-state index contributed by atoms with van der Waals surface area (Å²) in [7, 11) is 0. The summed E-state index contributed by atoms with van der Waals surface area (Å²) in [5.41, 5.74) is 3.71. The largest absolute Gasteiger partial charge is 0.352 e. The summed E-state index contributed by atoms with van der Waals surface area (Å²) in [6, 6.07) is 18.8. The fraction of sp³-hybridized carbons (Fsp3) is 0.381. The molecule has 126 valence electrons. The van der Waals surface area contributed by atoms with Gasteiger partial charge in [-0.2, -0.15) is 0 Å². The first kappa shape index (κ1) is 16.7. The molecule has 0 saturated carbocycles. The van der Waals surface area contributed by atoms with E-state index in [2.05, 4.69) is 59.6 Å². The lowest BCUT2D eigenvalue weighted by molar-refractivity contribution is -0.126. The number of hydrogen-bond acceptors (Lipinski definition) is 2. The SMILES string of the molecule is Cc1cccc(CNC(=O)C2CCCN(Cc3ccccc3)C2)c1.